The van der Waals surface area contributed by atoms with Crippen molar-refractivity contribution in [3.8, 4) is 11.5 Å². The molecule has 2 heterocycles. The Morgan fingerprint density at radius 2 is 2.05 bits per heavy atom. The van der Waals surface area contributed by atoms with Crippen LogP contribution < -0.4 is 20.1 Å². The molecule has 20 heavy (non-hydrogen) atoms. The van der Waals surface area contributed by atoms with Gasteiger partial charge < -0.3 is 20.1 Å². The van der Waals surface area contributed by atoms with E-state index in [0.29, 0.717) is 32.1 Å². The normalized spacial score (nSPS) is 17.4. The van der Waals surface area contributed by atoms with Gasteiger partial charge in [0.15, 0.2) is 11.5 Å². The predicted octanol–water partition coefficient (Wildman–Crippen LogP) is 0.726. The number of hydrogen-bond acceptors (Lipinski definition) is 4. The standard InChI is InChI=1S/C15H20N2O3/c18-15(8-12-9-16-10-12)17-4-3-11-1-2-13-14(7-11)20-6-5-19-13/h1-2,7,12,16H,3-6,8-10H2,(H,17,18). The number of hydrogen-bond donors (Lipinski definition) is 2. The lowest BCUT2D eigenvalue weighted by atomic mass is 9.99. The first-order chi connectivity index (χ1) is 9.81. The lowest BCUT2D eigenvalue weighted by molar-refractivity contribution is -0.122. The Morgan fingerprint density at radius 1 is 1.25 bits per heavy atom. The summed E-state index contributed by atoms with van der Waals surface area (Å²) in [5.74, 6) is 2.28. The molecule has 0 atom stereocenters. The summed E-state index contributed by atoms with van der Waals surface area (Å²) in [6.45, 7) is 3.81. The zero-order valence-corrected chi connectivity index (χ0v) is 11.5. The van der Waals surface area contributed by atoms with Crippen molar-refractivity contribution in [1.82, 2.24) is 10.6 Å². The van der Waals surface area contributed by atoms with Crippen molar-refractivity contribution in [2.45, 2.75) is 12.8 Å². The molecule has 108 valence electrons. The Hall–Kier alpha value is -1.75. The van der Waals surface area contributed by atoms with Gasteiger partial charge in [0.25, 0.3) is 0 Å². The average Bonchev–Trinajstić information content (AvgIpc) is 2.43. The molecular formula is C15H20N2O3. The highest BCUT2D eigenvalue weighted by molar-refractivity contribution is 5.76. The summed E-state index contributed by atoms with van der Waals surface area (Å²) >= 11 is 0. The Morgan fingerprint density at radius 3 is 2.80 bits per heavy atom. The lowest BCUT2D eigenvalue weighted by Crippen LogP contribution is -2.44. The third-order valence-electron chi connectivity index (χ3n) is 3.68. The first-order valence-corrected chi connectivity index (χ1v) is 7.17. The molecule has 2 N–H and O–H groups in total. The van der Waals surface area contributed by atoms with E-state index in [1.54, 1.807) is 0 Å². The minimum Gasteiger partial charge on any atom is -0.486 e. The fraction of sp³-hybridized carbons (Fsp3) is 0.533. The number of nitrogens with one attached hydrogen (secondary N) is 2. The zero-order valence-electron chi connectivity index (χ0n) is 11.5. The molecule has 0 radical (unpaired) electrons. The minimum atomic E-state index is 0.147. The van der Waals surface area contributed by atoms with E-state index in [0.717, 1.165) is 36.6 Å². The van der Waals surface area contributed by atoms with Crippen LogP contribution in [0.2, 0.25) is 0 Å². The number of carbonyl (C=O) groups is 1. The third kappa shape index (κ3) is 3.22. The van der Waals surface area contributed by atoms with Gasteiger partial charge in [-0.05, 0) is 43.1 Å². The lowest BCUT2D eigenvalue weighted by Gasteiger charge is -2.26. The van der Waals surface area contributed by atoms with Crippen molar-refractivity contribution in [1.29, 1.82) is 0 Å². The number of ether oxygens (including phenoxy) is 2. The molecule has 1 aromatic rings. The quantitative estimate of drug-likeness (QED) is 0.832. The topological polar surface area (TPSA) is 59.6 Å². The highest BCUT2D eigenvalue weighted by Crippen LogP contribution is 2.30. The van der Waals surface area contributed by atoms with Gasteiger partial charge in [-0.2, -0.15) is 0 Å². The van der Waals surface area contributed by atoms with Crippen molar-refractivity contribution in [2.24, 2.45) is 5.92 Å². The van der Waals surface area contributed by atoms with Gasteiger partial charge in [0.1, 0.15) is 13.2 Å². The van der Waals surface area contributed by atoms with E-state index in [2.05, 4.69) is 10.6 Å². The molecule has 1 amide bonds. The maximum absolute atomic E-state index is 11.7. The summed E-state index contributed by atoms with van der Waals surface area (Å²) < 4.78 is 11.0. The van der Waals surface area contributed by atoms with E-state index in [-0.39, 0.29) is 5.91 Å². The molecule has 0 bridgehead atoms. The first-order valence-electron chi connectivity index (χ1n) is 7.17. The van der Waals surface area contributed by atoms with E-state index < -0.39 is 0 Å². The molecule has 0 spiro atoms. The van der Waals surface area contributed by atoms with Gasteiger partial charge in [-0.3, -0.25) is 4.79 Å². The third-order valence-corrected chi connectivity index (χ3v) is 3.68. The molecule has 5 nitrogen and oxygen atoms in total. The molecule has 2 aliphatic heterocycles. The van der Waals surface area contributed by atoms with Crippen molar-refractivity contribution >= 4 is 5.91 Å². The number of fused-ring (bicyclic) bond motifs is 1. The first kappa shape index (κ1) is 13.2. The molecule has 1 saturated heterocycles. The van der Waals surface area contributed by atoms with Gasteiger partial charge in [-0.25, -0.2) is 0 Å². The highest BCUT2D eigenvalue weighted by atomic mass is 16.6. The molecular weight excluding hydrogens is 256 g/mol. The molecule has 1 fully saturated rings. The van der Waals surface area contributed by atoms with Crippen LogP contribution in [0.1, 0.15) is 12.0 Å². The van der Waals surface area contributed by atoms with Gasteiger partial charge in [-0.1, -0.05) is 6.07 Å². The van der Waals surface area contributed by atoms with Crippen LogP contribution in [-0.4, -0.2) is 38.8 Å². The van der Waals surface area contributed by atoms with Crippen LogP contribution in [0, 0.1) is 5.92 Å². The number of rotatable bonds is 5. The van der Waals surface area contributed by atoms with E-state index in [9.17, 15) is 4.79 Å². The summed E-state index contributed by atoms with van der Waals surface area (Å²) in [6, 6.07) is 5.96. The van der Waals surface area contributed by atoms with Gasteiger partial charge in [0, 0.05) is 13.0 Å². The molecule has 2 aliphatic rings. The molecule has 0 aromatic heterocycles. The van der Waals surface area contributed by atoms with E-state index in [1.807, 2.05) is 18.2 Å². The summed E-state index contributed by atoms with van der Waals surface area (Å²) in [6.07, 6.45) is 1.44. The predicted molar refractivity (Wildman–Crippen MR) is 75.1 cm³/mol. The van der Waals surface area contributed by atoms with Crippen molar-refractivity contribution in [2.75, 3.05) is 32.8 Å². The van der Waals surface area contributed by atoms with Crippen LogP contribution in [0.5, 0.6) is 11.5 Å². The fourth-order valence-electron chi connectivity index (χ4n) is 2.42. The zero-order chi connectivity index (χ0) is 13.8. The van der Waals surface area contributed by atoms with Crippen LogP contribution in [0.15, 0.2) is 18.2 Å². The second kappa shape index (κ2) is 6.13. The van der Waals surface area contributed by atoms with Gasteiger partial charge in [0.2, 0.25) is 5.91 Å². The van der Waals surface area contributed by atoms with Crippen LogP contribution >= 0.6 is 0 Å². The van der Waals surface area contributed by atoms with E-state index >= 15 is 0 Å². The summed E-state index contributed by atoms with van der Waals surface area (Å²) in [7, 11) is 0. The Balaban J connectivity index is 1.44. The van der Waals surface area contributed by atoms with Crippen LogP contribution in [0.4, 0.5) is 0 Å². The summed E-state index contributed by atoms with van der Waals surface area (Å²) in [5.41, 5.74) is 1.15. The largest absolute Gasteiger partial charge is 0.486 e. The van der Waals surface area contributed by atoms with Crippen LogP contribution in [-0.2, 0) is 11.2 Å². The average molecular weight is 276 g/mol. The molecule has 0 saturated carbocycles. The Labute approximate surface area is 118 Å². The maximum Gasteiger partial charge on any atom is 0.220 e. The molecule has 5 heteroatoms. The highest BCUT2D eigenvalue weighted by Gasteiger charge is 2.19. The Kier molecular flexibility index (Phi) is 4.06. The van der Waals surface area contributed by atoms with Crippen molar-refractivity contribution < 1.29 is 14.3 Å². The summed E-state index contributed by atoms with van der Waals surface area (Å²) in [5, 5.41) is 6.14. The maximum atomic E-state index is 11.7. The van der Waals surface area contributed by atoms with Crippen molar-refractivity contribution in [3.63, 3.8) is 0 Å². The molecule has 0 aliphatic carbocycles. The van der Waals surface area contributed by atoms with E-state index in [4.69, 9.17) is 9.47 Å². The van der Waals surface area contributed by atoms with Gasteiger partial charge >= 0.3 is 0 Å². The monoisotopic (exact) mass is 276 g/mol. The molecule has 3 rings (SSSR count). The summed E-state index contributed by atoms with van der Waals surface area (Å²) in [4.78, 5) is 11.7. The smallest absolute Gasteiger partial charge is 0.220 e. The van der Waals surface area contributed by atoms with Gasteiger partial charge in [0.05, 0.1) is 0 Å². The van der Waals surface area contributed by atoms with Crippen molar-refractivity contribution in [3.05, 3.63) is 23.8 Å². The number of amides is 1. The second-order valence-electron chi connectivity index (χ2n) is 5.31. The minimum absolute atomic E-state index is 0.147. The van der Waals surface area contributed by atoms with Crippen LogP contribution in [0.3, 0.4) is 0 Å². The van der Waals surface area contributed by atoms with Gasteiger partial charge in [-0.15, -0.1) is 0 Å². The number of carbonyl (C=O) groups excluding carboxylic acids is 1. The second-order valence-corrected chi connectivity index (χ2v) is 5.31. The number of benzene rings is 1. The SMILES string of the molecule is O=C(CC1CNC1)NCCc1ccc2c(c1)OCCO2. The Bertz CT molecular complexity index is 486. The fourth-order valence-corrected chi connectivity index (χ4v) is 2.42. The van der Waals surface area contributed by atoms with E-state index in [1.165, 1.54) is 0 Å². The molecule has 1 aromatic carbocycles. The van der Waals surface area contributed by atoms with Crippen LogP contribution in [0.25, 0.3) is 0 Å². The molecule has 0 unspecified atom stereocenters.